The van der Waals surface area contributed by atoms with Crippen molar-refractivity contribution < 1.29 is 14.3 Å². The molecule has 0 atom stereocenters. The molecule has 3 heterocycles. The minimum atomic E-state index is -0.525. The van der Waals surface area contributed by atoms with E-state index in [0.717, 1.165) is 30.9 Å². The lowest BCUT2D eigenvalue weighted by Crippen LogP contribution is -2.18. The van der Waals surface area contributed by atoms with Crippen molar-refractivity contribution >= 4 is 34.5 Å². The third kappa shape index (κ3) is 3.85. The van der Waals surface area contributed by atoms with Gasteiger partial charge in [0.25, 0.3) is 5.91 Å². The largest absolute Gasteiger partial charge is 0.508 e. The summed E-state index contributed by atoms with van der Waals surface area (Å²) < 4.78 is 14.4. The Kier molecular flexibility index (Phi) is 5.14. The Balaban J connectivity index is 1.46. The Bertz CT molecular complexity index is 1210. The van der Waals surface area contributed by atoms with Crippen molar-refractivity contribution in [3.05, 3.63) is 65.1 Å². The fraction of sp³-hybridized carbons (Fsp3) is 0.250. The standard InChI is InChI=1S/C24H24FN5O2/c1-14-10-16(25)19(12-21(14)31)27-18-6-7-26-23-22(18)24(32)29-20-11-15(4-5-17(20)28-23)13-30-8-2-3-9-30/h4-7,10-12,31H,2-3,8-9,13H2,1H3,(H,29,32)(H2,26,27,28). The minimum absolute atomic E-state index is 0.0328. The minimum Gasteiger partial charge on any atom is -0.508 e. The molecule has 1 amide bonds. The van der Waals surface area contributed by atoms with Crippen molar-refractivity contribution in [1.82, 2.24) is 9.88 Å². The van der Waals surface area contributed by atoms with Gasteiger partial charge in [0.15, 0.2) is 0 Å². The van der Waals surface area contributed by atoms with E-state index in [1.54, 1.807) is 19.2 Å². The molecule has 2 aliphatic rings. The number of aromatic nitrogens is 1. The number of aromatic hydroxyl groups is 1. The molecule has 0 unspecified atom stereocenters. The molecule has 5 rings (SSSR count). The van der Waals surface area contributed by atoms with Crippen LogP contribution in [-0.4, -0.2) is 34.0 Å². The van der Waals surface area contributed by atoms with Crippen molar-refractivity contribution in [1.29, 1.82) is 0 Å². The Hall–Kier alpha value is -3.65. The molecule has 2 aliphatic heterocycles. The lowest BCUT2D eigenvalue weighted by Gasteiger charge is -2.16. The Morgan fingerprint density at radius 3 is 2.72 bits per heavy atom. The predicted octanol–water partition coefficient (Wildman–Crippen LogP) is 4.88. The zero-order valence-electron chi connectivity index (χ0n) is 17.7. The number of hydrogen-bond acceptors (Lipinski definition) is 6. The van der Waals surface area contributed by atoms with E-state index in [9.17, 15) is 14.3 Å². The molecule has 0 aliphatic carbocycles. The van der Waals surface area contributed by atoms with E-state index in [2.05, 4.69) is 25.8 Å². The fourth-order valence-corrected chi connectivity index (χ4v) is 4.21. The number of nitrogens with zero attached hydrogens (tertiary/aromatic N) is 2. The van der Waals surface area contributed by atoms with Gasteiger partial charge in [0.1, 0.15) is 22.9 Å². The zero-order chi connectivity index (χ0) is 22.2. The number of hydrogen-bond donors (Lipinski definition) is 4. The van der Waals surface area contributed by atoms with Gasteiger partial charge in [0.05, 0.1) is 22.7 Å². The van der Waals surface area contributed by atoms with E-state index in [0.29, 0.717) is 22.8 Å². The van der Waals surface area contributed by atoms with Gasteiger partial charge in [-0.3, -0.25) is 9.69 Å². The summed E-state index contributed by atoms with van der Waals surface area (Å²) in [6, 6.07) is 10.1. The number of halogens is 1. The van der Waals surface area contributed by atoms with E-state index in [1.807, 2.05) is 18.2 Å². The maximum absolute atomic E-state index is 14.4. The van der Waals surface area contributed by atoms with E-state index in [1.165, 1.54) is 25.0 Å². The zero-order valence-corrected chi connectivity index (χ0v) is 17.7. The number of phenols is 1. The lowest BCUT2D eigenvalue weighted by atomic mass is 10.1. The Labute approximate surface area is 185 Å². The number of benzene rings is 2. The third-order valence-corrected chi connectivity index (χ3v) is 5.92. The molecule has 2 aromatic carbocycles. The molecule has 32 heavy (non-hydrogen) atoms. The van der Waals surface area contributed by atoms with Crippen LogP contribution in [0.4, 0.5) is 33.0 Å². The number of carbonyl (C=O) groups excluding carboxylic acids is 1. The van der Waals surface area contributed by atoms with Gasteiger partial charge >= 0.3 is 0 Å². The average molecular weight is 433 g/mol. The summed E-state index contributed by atoms with van der Waals surface area (Å²) in [5, 5.41) is 19.1. The van der Waals surface area contributed by atoms with E-state index >= 15 is 0 Å². The lowest BCUT2D eigenvalue weighted by molar-refractivity contribution is 0.102. The summed E-state index contributed by atoms with van der Waals surface area (Å²) >= 11 is 0. The first-order chi connectivity index (χ1) is 15.5. The smallest absolute Gasteiger partial charge is 0.261 e. The third-order valence-electron chi connectivity index (χ3n) is 5.92. The van der Waals surface area contributed by atoms with Crippen molar-refractivity contribution in [2.75, 3.05) is 29.0 Å². The quantitative estimate of drug-likeness (QED) is 0.469. The molecular weight excluding hydrogens is 409 g/mol. The molecule has 0 radical (unpaired) electrons. The number of likely N-dealkylation sites (tertiary alicyclic amines) is 1. The van der Waals surface area contributed by atoms with Gasteiger partial charge in [0, 0.05) is 18.8 Å². The molecule has 0 saturated carbocycles. The number of carbonyl (C=O) groups is 1. The van der Waals surface area contributed by atoms with Crippen LogP contribution < -0.4 is 16.0 Å². The fourth-order valence-electron chi connectivity index (χ4n) is 4.21. The first-order valence-corrected chi connectivity index (χ1v) is 10.7. The second-order valence-electron chi connectivity index (χ2n) is 8.27. The summed E-state index contributed by atoms with van der Waals surface area (Å²) in [5.74, 6) is -0.538. The van der Waals surface area contributed by atoms with Crippen molar-refractivity contribution in [2.45, 2.75) is 26.3 Å². The summed E-state index contributed by atoms with van der Waals surface area (Å²) in [5.41, 5.74) is 3.70. The van der Waals surface area contributed by atoms with Gasteiger partial charge in [-0.2, -0.15) is 0 Å². The first kappa shape index (κ1) is 20.3. The normalized spacial score (nSPS) is 15.4. The monoisotopic (exact) mass is 433 g/mol. The van der Waals surface area contributed by atoms with Crippen LogP contribution in [-0.2, 0) is 6.54 Å². The van der Waals surface area contributed by atoms with Crippen molar-refractivity contribution in [3.8, 4) is 5.75 Å². The topological polar surface area (TPSA) is 89.5 Å². The highest BCUT2D eigenvalue weighted by Gasteiger charge is 2.24. The molecule has 3 aromatic rings. The SMILES string of the molecule is Cc1cc(F)c(Nc2ccnc3c2C(=O)Nc2cc(CN4CCCC4)ccc2N3)cc1O. The highest BCUT2D eigenvalue weighted by atomic mass is 19.1. The van der Waals surface area contributed by atoms with E-state index < -0.39 is 5.82 Å². The number of nitrogens with one attached hydrogen (secondary N) is 3. The molecule has 1 aromatic heterocycles. The van der Waals surface area contributed by atoms with Crippen LogP contribution >= 0.6 is 0 Å². The second kappa shape index (κ2) is 8.12. The van der Waals surface area contributed by atoms with Gasteiger partial charge < -0.3 is 21.1 Å². The summed E-state index contributed by atoms with van der Waals surface area (Å²) in [7, 11) is 0. The number of aryl methyl sites for hydroxylation is 1. The van der Waals surface area contributed by atoms with E-state index in [-0.39, 0.29) is 22.9 Å². The molecule has 1 saturated heterocycles. The number of pyridine rings is 1. The van der Waals surface area contributed by atoms with Gasteiger partial charge in [0.2, 0.25) is 0 Å². The molecule has 7 nitrogen and oxygen atoms in total. The van der Waals surface area contributed by atoms with Gasteiger partial charge in [-0.1, -0.05) is 6.07 Å². The van der Waals surface area contributed by atoms with Crippen LogP contribution in [0.15, 0.2) is 42.6 Å². The van der Waals surface area contributed by atoms with Crippen LogP contribution in [0.3, 0.4) is 0 Å². The average Bonchev–Trinajstić information content (AvgIpc) is 3.21. The maximum atomic E-state index is 14.4. The van der Waals surface area contributed by atoms with Crippen LogP contribution in [0.5, 0.6) is 5.75 Å². The van der Waals surface area contributed by atoms with Crippen LogP contribution in [0.1, 0.15) is 34.3 Å². The van der Waals surface area contributed by atoms with Crippen LogP contribution in [0.2, 0.25) is 0 Å². The number of phenolic OH excluding ortho intramolecular Hbond substituents is 1. The molecule has 1 fully saturated rings. The summed E-state index contributed by atoms with van der Waals surface area (Å²) in [4.78, 5) is 19.9. The number of anilines is 5. The summed E-state index contributed by atoms with van der Waals surface area (Å²) in [6.07, 6.45) is 3.98. The van der Waals surface area contributed by atoms with E-state index in [4.69, 9.17) is 0 Å². The molecule has 4 N–H and O–H groups in total. The highest BCUT2D eigenvalue weighted by Crippen LogP contribution is 2.36. The van der Waals surface area contributed by atoms with Gasteiger partial charge in [-0.05, 0) is 68.2 Å². The molecule has 0 bridgehead atoms. The van der Waals surface area contributed by atoms with Crippen molar-refractivity contribution in [2.24, 2.45) is 0 Å². The molecule has 0 spiro atoms. The van der Waals surface area contributed by atoms with Crippen LogP contribution in [0.25, 0.3) is 0 Å². The first-order valence-electron chi connectivity index (χ1n) is 10.7. The van der Waals surface area contributed by atoms with Gasteiger partial charge in [-0.15, -0.1) is 0 Å². The number of rotatable bonds is 4. The molecule has 164 valence electrons. The second-order valence-corrected chi connectivity index (χ2v) is 8.27. The predicted molar refractivity (Wildman–Crippen MR) is 123 cm³/mol. The number of fused-ring (bicyclic) bond motifs is 2. The van der Waals surface area contributed by atoms with Gasteiger partial charge in [-0.25, -0.2) is 9.37 Å². The highest BCUT2D eigenvalue weighted by molar-refractivity contribution is 6.15. The Morgan fingerprint density at radius 2 is 1.91 bits per heavy atom. The van der Waals surface area contributed by atoms with Crippen molar-refractivity contribution in [3.63, 3.8) is 0 Å². The molecule has 8 heteroatoms. The molecular formula is C24H24FN5O2. The number of amides is 1. The van der Waals surface area contributed by atoms with Crippen LogP contribution in [0, 0.1) is 12.7 Å². The Morgan fingerprint density at radius 1 is 1.09 bits per heavy atom. The maximum Gasteiger partial charge on any atom is 0.261 e. The summed E-state index contributed by atoms with van der Waals surface area (Å²) in [6.45, 7) is 4.65.